The quantitative estimate of drug-likeness (QED) is 0.300. The number of unbranched alkanes of at least 4 members (excludes halogenated alkanes) is 1. The first kappa shape index (κ1) is 24.7. The maximum atomic E-state index is 5.65. The topological polar surface area (TPSA) is 65.7 Å². The molecule has 7 heteroatoms. The van der Waals surface area contributed by atoms with Crippen LogP contribution < -0.4 is 10.6 Å². The van der Waals surface area contributed by atoms with E-state index in [0.717, 1.165) is 36.6 Å². The number of hydrogen-bond donors (Lipinski definition) is 2. The van der Waals surface area contributed by atoms with Gasteiger partial charge in [0, 0.05) is 31.2 Å². The molecule has 2 N–H and O–H groups in total. The number of aromatic nitrogens is 1. The van der Waals surface area contributed by atoms with Gasteiger partial charge < -0.3 is 20.0 Å². The molecule has 2 aromatic rings. The van der Waals surface area contributed by atoms with E-state index in [1.807, 2.05) is 12.1 Å². The molecule has 2 heterocycles. The highest BCUT2D eigenvalue weighted by atomic mass is 127. The number of benzene rings is 1. The molecule has 166 valence electrons. The highest BCUT2D eigenvalue weighted by Gasteiger charge is 2.19. The maximum Gasteiger partial charge on any atom is 0.226 e. The molecule has 1 aromatic heterocycles. The zero-order valence-corrected chi connectivity index (χ0v) is 20.8. The van der Waals surface area contributed by atoms with Gasteiger partial charge in [-0.25, -0.2) is 9.98 Å². The Bertz CT molecular complexity index is 766. The third-order valence-electron chi connectivity index (χ3n) is 5.35. The minimum Gasteiger partial charge on any atom is -0.444 e. The molecule has 0 bridgehead atoms. The second-order valence-electron chi connectivity index (χ2n) is 7.82. The summed E-state index contributed by atoms with van der Waals surface area (Å²) in [6.45, 7) is 11.3. The molecule has 30 heavy (non-hydrogen) atoms. The Morgan fingerprint density at radius 3 is 2.60 bits per heavy atom. The minimum absolute atomic E-state index is 0. The first-order chi connectivity index (χ1) is 14.2. The van der Waals surface area contributed by atoms with Gasteiger partial charge >= 0.3 is 0 Å². The van der Waals surface area contributed by atoms with Gasteiger partial charge in [-0.1, -0.05) is 31.0 Å². The van der Waals surface area contributed by atoms with Crippen molar-refractivity contribution in [2.24, 2.45) is 4.99 Å². The van der Waals surface area contributed by atoms with Crippen molar-refractivity contribution in [2.45, 2.75) is 59.0 Å². The Labute approximate surface area is 198 Å². The van der Waals surface area contributed by atoms with E-state index in [-0.39, 0.29) is 24.0 Å². The molecule has 1 fully saturated rings. The van der Waals surface area contributed by atoms with Gasteiger partial charge in [-0.2, -0.15) is 0 Å². The van der Waals surface area contributed by atoms with Crippen molar-refractivity contribution in [3.63, 3.8) is 0 Å². The molecular weight excluding hydrogens is 489 g/mol. The van der Waals surface area contributed by atoms with E-state index in [1.165, 1.54) is 38.0 Å². The predicted molar refractivity (Wildman–Crippen MR) is 134 cm³/mol. The number of aryl methyl sites for hydroxylation is 1. The maximum absolute atomic E-state index is 5.65. The molecule has 0 atom stereocenters. The number of guanidine groups is 1. The highest BCUT2D eigenvalue weighted by molar-refractivity contribution is 14.0. The van der Waals surface area contributed by atoms with Crippen LogP contribution in [0.1, 0.15) is 50.8 Å². The molecule has 0 spiro atoms. The van der Waals surface area contributed by atoms with Gasteiger partial charge in [-0.3, -0.25) is 0 Å². The van der Waals surface area contributed by atoms with Crippen molar-refractivity contribution < 1.29 is 4.42 Å². The Balaban J connectivity index is 0.00000320. The summed E-state index contributed by atoms with van der Waals surface area (Å²) in [5.74, 6) is 1.51. The molecular formula is C23H36IN5O. The molecule has 1 aromatic carbocycles. The van der Waals surface area contributed by atoms with Crippen LogP contribution in [-0.2, 0) is 6.54 Å². The van der Waals surface area contributed by atoms with Crippen molar-refractivity contribution in [3.8, 4) is 11.5 Å². The predicted octanol–water partition coefficient (Wildman–Crippen LogP) is 4.59. The fourth-order valence-electron chi connectivity index (χ4n) is 3.56. The number of nitrogens with zero attached hydrogens (tertiary/aromatic N) is 3. The van der Waals surface area contributed by atoms with Crippen molar-refractivity contribution in [2.75, 3.05) is 26.2 Å². The molecule has 0 amide bonds. The summed E-state index contributed by atoms with van der Waals surface area (Å²) < 4.78 is 5.65. The highest BCUT2D eigenvalue weighted by Crippen LogP contribution is 2.19. The number of oxazole rings is 1. The average molecular weight is 525 g/mol. The second-order valence-corrected chi connectivity index (χ2v) is 7.82. The lowest BCUT2D eigenvalue weighted by Crippen LogP contribution is -2.48. The van der Waals surface area contributed by atoms with Crippen molar-refractivity contribution in [3.05, 3.63) is 41.8 Å². The smallest absolute Gasteiger partial charge is 0.226 e. The van der Waals surface area contributed by atoms with Crippen LogP contribution >= 0.6 is 24.0 Å². The first-order valence-electron chi connectivity index (χ1n) is 11.0. The van der Waals surface area contributed by atoms with Gasteiger partial charge in [0.05, 0.1) is 6.54 Å². The Kier molecular flexibility index (Phi) is 10.6. The van der Waals surface area contributed by atoms with E-state index in [1.54, 1.807) is 6.26 Å². The van der Waals surface area contributed by atoms with E-state index in [4.69, 9.17) is 9.41 Å². The minimum atomic E-state index is 0. The van der Waals surface area contributed by atoms with E-state index in [2.05, 4.69) is 53.4 Å². The number of halogens is 1. The Morgan fingerprint density at radius 1 is 1.20 bits per heavy atom. The number of nitrogens with one attached hydrogen (secondary N) is 2. The van der Waals surface area contributed by atoms with Crippen molar-refractivity contribution >= 4 is 29.9 Å². The standard InChI is InChI=1S/C23H35N5O.HI/c1-4-6-13-28-14-11-20(12-15-28)27-23(24-5-2)25-16-21-17-29-22(26-21)19-9-7-18(3)8-10-19;/h7-10,17,20H,4-6,11-16H2,1-3H3,(H2,24,25,27);1H. The van der Waals surface area contributed by atoms with Gasteiger partial charge in [0.15, 0.2) is 5.96 Å². The largest absolute Gasteiger partial charge is 0.444 e. The molecule has 0 aliphatic carbocycles. The van der Waals surface area contributed by atoms with Crippen molar-refractivity contribution in [1.82, 2.24) is 20.5 Å². The number of likely N-dealkylation sites (tertiary alicyclic amines) is 1. The molecule has 0 radical (unpaired) electrons. The lowest BCUT2D eigenvalue weighted by molar-refractivity contribution is 0.203. The van der Waals surface area contributed by atoms with Crippen LogP contribution in [0.15, 0.2) is 39.9 Å². The summed E-state index contributed by atoms with van der Waals surface area (Å²) in [5.41, 5.74) is 3.06. The van der Waals surface area contributed by atoms with Crippen LogP contribution in [0.4, 0.5) is 0 Å². The fraction of sp³-hybridized carbons (Fsp3) is 0.565. The molecule has 0 unspecified atom stereocenters. The van der Waals surface area contributed by atoms with Crippen molar-refractivity contribution in [1.29, 1.82) is 0 Å². The molecule has 3 rings (SSSR count). The first-order valence-corrected chi connectivity index (χ1v) is 11.0. The van der Waals surface area contributed by atoms with Gasteiger partial charge in [0.1, 0.15) is 12.0 Å². The molecule has 1 aliphatic rings. The number of aliphatic imine (C=N–C) groups is 1. The van der Waals surface area contributed by atoms with Crippen LogP contribution in [0.2, 0.25) is 0 Å². The Hall–Kier alpha value is -1.61. The number of piperidine rings is 1. The number of rotatable bonds is 8. The van der Waals surface area contributed by atoms with Crippen LogP contribution in [0.3, 0.4) is 0 Å². The average Bonchev–Trinajstić information content (AvgIpc) is 3.21. The van der Waals surface area contributed by atoms with Crippen LogP contribution in [0.5, 0.6) is 0 Å². The molecule has 1 saturated heterocycles. The SMILES string of the molecule is CCCCN1CCC(NC(=NCc2coc(-c3ccc(C)cc3)n2)NCC)CC1.I. The molecule has 1 aliphatic heterocycles. The summed E-state index contributed by atoms with van der Waals surface area (Å²) in [5, 5.41) is 6.96. The van der Waals surface area contributed by atoms with E-state index < -0.39 is 0 Å². The summed E-state index contributed by atoms with van der Waals surface area (Å²) in [7, 11) is 0. The van der Waals surface area contributed by atoms with Crippen LogP contribution in [0, 0.1) is 6.92 Å². The monoisotopic (exact) mass is 525 g/mol. The third-order valence-corrected chi connectivity index (χ3v) is 5.35. The Morgan fingerprint density at radius 2 is 1.93 bits per heavy atom. The molecule has 6 nitrogen and oxygen atoms in total. The normalized spacial score (nSPS) is 15.6. The van der Waals surface area contributed by atoms with E-state index in [0.29, 0.717) is 18.5 Å². The van der Waals surface area contributed by atoms with Gasteiger partial charge in [-0.05, 0) is 51.8 Å². The second kappa shape index (κ2) is 12.9. The van der Waals surface area contributed by atoms with E-state index in [9.17, 15) is 0 Å². The fourth-order valence-corrected chi connectivity index (χ4v) is 3.56. The van der Waals surface area contributed by atoms with Crippen LogP contribution in [0.25, 0.3) is 11.5 Å². The zero-order valence-electron chi connectivity index (χ0n) is 18.5. The van der Waals surface area contributed by atoms with Gasteiger partial charge in [0.25, 0.3) is 0 Å². The summed E-state index contributed by atoms with van der Waals surface area (Å²) in [6.07, 6.45) is 6.59. The summed E-state index contributed by atoms with van der Waals surface area (Å²) in [6, 6.07) is 8.68. The van der Waals surface area contributed by atoms with E-state index >= 15 is 0 Å². The summed E-state index contributed by atoms with van der Waals surface area (Å²) in [4.78, 5) is 11.9. The lowest BCUT2D eigenvalue weighted by Gasteiger charge is -2.33. The summed E-state index contributed by atoms with van der Waals surface area (Å²) >= 11 is 0. The van der Waals surface area contributed by atoms with Gasteiger partial charge in [-0.15, -0.1) is 24.0 Å². The van der Waals surface area contributed by atoms with Crippen LogP contribution in [-0.4, -0.2) is 48.1 Å². The number of hydrogen-bond acceptors (Lipinski definition) is 4. The zero-order chi connectivity index (χ0) is 20.5. The lowest BCUT2D eigenvalue weighted by atomic mass is 10.0. The van der Waals surface area contributed by atoms with Gasteiger partial charge in [0.2, 0.25) is 5.89 Å². The third kappa shape index (κ3) is 7.58. The molecule has 0 saturated carbocycles.